The highest BCUT2D eigenvalue weighted by Crippen LogP contribution is 2.29. The van der Waals surface area contributed by atoms with Crippen molar-refractivity contribution in [1.82, 2.24) is 14.5 Å². The predicted molar refractivity (Wildman–Crippen MR) is 75.5 cm³/mol. The summed E-state index contributed by atoms with van der Waals surface area (Å²) in [6, 6.07) is 4.26. The summed E-state index contributed by atoms with van der Waals surface area (Å²) < 4.78 is 2.22. The molecule has 19 heavy (non-hydrogen) atoms. The monoisotopic (exact) mass is 275 g/mol. The zero-order valence-electron chi connectivity index (χ0n) is 11.4. The first kappa shape index (κ1) is 12.4. The van der Waals surface area contributed by atoms with Crippen LogP contribution in [0.4, 0.5) is 0 Å². The molecule has 0 spiro atoms. The summed E-state index contributed by atoms with van der Waals surface area (Å²) in [6.45, 7) is 7.58. The number of hydrogen-bond acceptors (Lipinski definition) is 3. The fourth-order valence-corrected chi connectivity index (χ4v) is 3.59. The van der Waals surface area contributed by atoms with Crippen LogP contribution in [0.5, 0.6) is 0 Å². The fourth-order valence-electron chi connectivity index (χ4n) is 2.72. The molecule has 5 heteroatoms. The van der Waals surface area contributed by atoms with Gasteiger partial charge in [-0.15, -0.1) is 11.3 Å². The molecule has 3 heterocycles. The van der Waals surface area contributed by atoms with Crippen molar-refractivity contribution in [2.75, 3.05) is 6.54 Å². The van der Waals surface area contributed by atoms with Crippen molar-refractivity contribution < 1.29 is 4.79 Å². The van der Waals surface area contributed by atoms with Crippen molar-refractivity contribution in [3.63, 3.8) is 0 Å². The van der Waals surface area contributed by atoms with E-state index in [0.29, 0.717) is 0 Å². The zero-order valence-corrected chi connectivity index (χ0v) is 12.2. The van der Waals surface area contributed by atoms with E-state index in [-0.39, 0.29) is 11.9 Å². The Balaban J connectivity index is 1.92. The van der Waals surface area contributed by atoms with E-state index in [0.717, 1.165) is 28.7 Å². The Morgan fingerprint density at radius 1 is 1.42 bits per heavy atom. The molecule has 0 aromatic carbocycles. The molecule has 0 unspecified atom stereocenters. The molecule has 4 nitrogen and oxygen atoms in total. The van der Waals surface area contributed by atoms with E-state index in [4.69, 9.17) is 0 Å². The Hall–Kier alpha value is -1.62. The highest BCUT2D eigenvalue weighted by molar-refractivity contribution is 7.13. The molecule has 0 saturated carbocycles. The summed E-state index contributed by atoms with van der Waals surface area (Å²) in [7, 11) is 0. The van der Waals surface area contributed by atoms with Gasteiger partial charge >= 0.3 is 0 Å². The fraction of sp³-hybridized carbons (Fsp3) is 0.429. The second-order valence-corrected chi connectivity index (χ2v) is 6.15. The van der Waals surface area contributed by atoms with Gasteiger partial charge in [0.1, 0.15) is 4.88 Å². The summed E-state index contributed by atoms with van der Waals surface area (Å²) in [6.07, 6.45) is 2.08. The number of aromatic nitrogens is 2. The van der Waals surface area contributed by atoms with Crippen molar-refractivity contribution >= 4 is 17.2 Å². The lowest BCUT2D eigenvalue weighted by molar-refractivity contribution is 0.0648. The molecular weight excluding hydrogens is 258 g/mol. The average Bonchev–Trinajstić information content (AvgIpc) is 2.96. The molecule has 0 fully saturated rings. The van der Waals surface area contributed by atoms with Crippen molar-refractivity contribution in [1.29, 1.82) is 0 Å². The number of nitrogens with zero attached hydrogens (tertiary/aromatic N) is 3. The van der Waals surface area contributed by atoms with Crippen LogP contribution in [0.15, 0.2) is 18.3 Å². The Bertz CT molecular complexity index is 628. The molecule has 1 aliphatic heterocycles. The van der Waals surface area contributed by atoms with Crippen molar-refractivity contribution in [2.45, 2.75) is 33.4 Å². The average molecular weight is 275 g/mol. The zero-order chi connectivity index (χ0) is 13.6. The van der Waals surface area contributed by atoms with E-state index in [2.05, 4.69) is 28.7 Å². The van der Waals surface area contributed by atoms with Crippen molar-refractivity contribution in [3.05, 3.63) is 39.6 Å². The Morgan fingerprint density at radius 2 is 2.21 bits per heavy atom. The highest BCUT2D eigenvalue weighted by atomic mass is 32.1. The van der Waals surface area contributed by atoms with Gasteiger partial charge in [-0.2, -0.15) is 0 Å². The number of aryl methyl sites for hydroxylation is 2. The first-order valence-corrected chi connectivity index (χ1v) is 7.29. The maximum Gasteiger partial charge on any atom is 0.266 e. The molecule has 1 atom stereocenters. The molecular formula is C14H17N3OS. The van der Waals surface area contributed by atoms with E-state index in [9.17, 15) is 4.79 Å². The molecule has 0 radical (unpaired) electrons. The molecule has 2 aromatic rings. The number of carbonyl (C=O) groups excluding carboxylic acids is 1. The van der Waals surface area contributed by atoms with E-state index in [1.807, 2.05) is 24.8 Å². The molecule has 100 valence electrons. The SMILES string of the molecule is Cc1nc(C)c(C(=O)N2CCn3cccc3[C@@H]2C)s1. The number of carbonyl (C=O) groups is 1. The van der Waals surface area contributed by atoms with Gasteiger partial charge in [-0.05, 0) is 32.9 Å². The molecule has 0 saturated heterocycles. The van der Waals surface area contributed by atoms with Crippen molar-refractivity contribution in [3.8, 4) is 0 Å². The van der Waals surface area contributed by atoms with Gasteiger partial charge in [-0.25, -0.2) is 4.98 Å². The third-order valence-electron chi connectivity index (χ3n) is 3.70. The summed E-state index contributed by atoms with van der Waals surface area (Å²) >= 11 is 1.49. The second-order valence-electron chi connectivity index (χ2n) is 4.95. The molecule has 2 aromatic heterocycles. The van der Waals surface area contributed by atoms with Crippen LogP contribution in [-0.4, -0.2) is 26.9 Å². The van der Waals surface area contributed by atoms with Gasteiger partial charge in [0.05, 0.1) is 16.7 Å². The minimum atomic E-state index is 0.114. The van der Waals surface area contributed by atoms with Crippen LogP contribution >= 0.6 is 11.3 Å². The third kappa shape index (κ3) is 1.98. The lowest BCUT2D eigenvalue weighted by Crippen LogP contribution is -2.40. The Labute approximate surface area is 116 Å². The molecule has 0 aliphatic carbocycles. The van der Waals surface area contributed by atoms with Crippen LogP contribution in [0, 0.1) is 13.8 Å². The third-order valence-corrected chi connectivity index (χ3v) is 4.76. The van der Waals surface area contributed by atoms with Crippen LogP contribution < -0.4 is 0 Å². The highest BCUT2D eigenvalue weighted by Gasteiger charge is 2.29. The number of thiazole rings is 1. The van der Waals surface area contributed by atoms with Crippen LogP contribution in [0.2, 0.25) is 0 Å². The summed E-state index contributed by atoms with van der Waals surface area (Å²) in [5.74, 6) is 0.114. The van der Waals surface area contributed by atoms with Gasteiger partial charge in [0.2, 0.25) is 0 Å². The van der Waals surface area contributed by atoms with E-state index in [1.54, 1.807) is 0 Å². The quantitative estimate of drug-likeness (QED) is 0.802. The molecule has 1 aliphatic rings. The maximum atomic E-state index is 12.7. The van der Waals surface area contributed by atoms with Crippen LogP contribution in [0.1, 0.15) is 39.0 Å². The second kappa shape index (κ2) is 4.49. The molecule has 1 amide bonds. The van der Waals surface area contributed by atoms with Gasteiger partial charge in [-0.3, -0.25) is 4.79 Å². The van der Waals surface area contributed by atoms with E-state index in [1.165, 1.54) is 17.0 Å². The minimum Gasteiger partial charge on any atom is -0.348 e. The number of hydrogen-bond donors (Lipinski definition) is 0. The van der Waals surface area contributed by atoms with Gasteiger partial charge in [0.15, 0.2) is 0 Å². The minimum absolute atomic E-state index is 0.114. The van der Waals surface area contributed by atoms with Gasteiger partial charge in [0, 0.05) is 25.0 Å². The lowest BCUT2D eigenvalue weighted by atomic mass is 10.1. The number of fused-ring (bicyclic) bond motifs is 1. The topological polar surface area (TPSA) is 38.1 Å². The van der Waals surface area contributed by atoms with Gasteiger partial charge in [-0.1, -0.05) is 0 Å². The first-order valence-electron chi connectivity index (χ1n) is 6.48. The maximum absolute atomic E-state index is 12.7. The Morgan fingerprint density at radius 3 is 2.89 bits per heavy atom. The van der Waals surface area contributed by atoms with Crippen molar-refractivity contribution in [2.24, 2.45) is 0 Å². The number of amides is 1. The smallest absolute Gasteiger partial charge is 0.266 e. The largest absolute Gasteiger partial charge is 0.348 e. The molecule has 0 N–H and O–H groups in total. The van der Waals surface area contributed by atoms with Crippen LogP contribution in [0.25, 0.3) is 0 Å². The normalized spacial score (nSPS) is 18.5. The lowest BCUT2D eigenvalue weighted by Gasteiger charge is -2.34. The van der Waals surface area contributed by atoms with E-state index < -0.39 is 0 Å². The summed E-state index contributed by atoms with van der Waals surface area (Å²) in [5.41, 5.74) is 2.05. The van der Waals surface area contributed by atoms with Crippen LogP contribution in [-0.2, 0) is 6.54 Å². The predicted octanol–water partition coefficient (Wildman–Crippen LogP) is 2.78. The first-order chi connectivity index (χ1) is 9.08. The standard InChI is InChI=1S/C14H17N3OS/c1-9-13(19-11(3)15-9)14(18)17-8-7-16-6-4-5-12(16)10(17)2/h4-6,10H,7-8H2,1-3H3/t10-/m0/s1. The number of rotatable bonds is 1. The summed E-state index contributed by atoms with van der Waals surface area (Å²) in [4.78, 5) is 19.8. The Kier molecular flexibility index (Phi) is 2.93. The molecule has 0 bridgehead atoms. The van der Waals surface area contributed by atoms with Gasteiger partial charge in [0.25, 0.3) is 5.91 Å². The van der Waals surface area contributed by atoms with E-state index >= 15 is 0 Å². The van der Waals surface area contributed by atoms with Gasteiger partial charge < -0.3 is 9.47 Å². The van der Waals surface area contributed by atoms with Crippen LogP contribution in [0.3, 0.4) is 0 Å². The summed E-state index contributed by atoms with van der Waals surface area (Å²) in [5, 5.41) is 0.953. The molecule has 3 rings (SSSR count).